The molecule has 0 saturated carbocycles. The lowest BCUT2D eigenvalue weighted by molar-refractivity contribution is 0.102. The van der Waals surface area contributed by atoms with Crippen molar-refractivity contribution >= 4 is 47.3 Å². The van der Waals surface area contributed by atoms with Crippen LogP contribution in [0.25, 0.3) is 0 Å². The maximum Gasteiger partial charge on any atom is 0.262 e. The highest BCUT2D eigenvalue weighted by atomic mass is 79.9. The van der Waals surface area contributed by atoms with E-state index >= 15 is 0 Å². The topological polar surface area (TPSA) is 63.2 Å². The Balaban J connectivity index is 2.24. The van der Waals surface area contributed by atoms with Gasteiger partial charge in [-0.25, -0.2) is 8.42 Å². The Bertz CT molecular complexity index is 747. The number of benzene rings is 2. The van der Waals surface area contributed by atoms with Gasteiger partial charge in [0.05, 0.1) is 4.90 Å². The second-order valence-electron chi connectivity index (χ2n) is 3.90. The molecule has 0 aromatic heterocycles. The molecule has 104 valence electrons. The highest BCUT2D eigenvalue weighted by Gasteiger charge is 2.15. The van der Waals surface area contributed by atoms with Crippen LogP contribution in [0.5, 0.6) is 0 Å². The molecule has 0 spiro atoms. The van der Waals surface area contributed by atoms with Gasteiger partial charge in [0.1, 0.15) is 0 Å². The molecule has 0 aliphatic carbocycles. The minimum atomic E-state index is -3.82. The molecule has 2 aromatic carbocycles. The molecule has 20 heavy (non-hydrogen) atoms. The van der Waals surface area contributed by atoms with Crippen molar-refractivity contribution in [3.63, 3.8) is 0 Å². The third kappa shape index (κ3) is 3.59. The van der Waals surface area contributed by atoms with E-state index in [1.165, 1.54) is 18.2 Å². The number of anilines is 1. The first kappa shape index (κ1) is 15.0. The molecule has 2 rings (SSSR count). The van der Waals surface area contributed by atoms with Gasteiger partial charge in [0, 0.05) is 26.4 Å². The number of rotatable bonds is 3. The second kappa shape index (κ2) is 5.95. The fourth-order valence-corrected chi connectivity index (χ4v) is 3.79. The molecule has 0 fully saturated rings. The summed E-state index contributed by atoms with van der Waals surface area (Å²) in [7, 11) is 1.45. The zero-order chi connectivity index (χ0) is 14.8. The SMILES string of the molecule is O=C(Nc1ccc(S(=O)(=O)Cl)c(Br)c1)c1ccccc1. The molecule has 1 N–H and O–H groups in total. The fourth-order valence-electron chi connectivity index (χ4n) is 1.57. The summed E-state index contributed by atoms with van der Waals surface area (Å²) in [6, 6.07) is 13.0. The number of carbonyl (C=O) groups is 1. The fraction of sp³-hybridized carbons (Fsp3) is 0. The van der Waals surface area contributed by atoms with Crippen LogP contribution in [0.3, 0.4) is 0 Å². The van der Waals surface area contributed by atoms with Crippen LogP contribution in [0.1, 0.15) is 10.4 Å². The summed E-state index contributed by atoms with van der Waals surface area (Å²) in [5.74, 6) is -0.279. The predicted octanol–water partition coefficient (Wildman–Crippen LogP) is 3.63. The largest absolute Gasteiger partial charge is 0.322 e. The van der Waals surface area contributed by atoms with Crippen LogP contribution in [0.4, 0.5) is 5.69 Å². The first-order chi connectivity index (χ1) is 9.38. The maximum absolute atomic E-state index is 11.9. The van der Waals surface area contributed by atoms with Gasteiger partial charge in [-0.15, -0.1) is 0 Å². The van der Waals surface area contributed by atoms with Crippen LogP contribution in [0.2, 0.25) is 0 Å². The minimum absolute atomic E-state index is 0.0446. The molecule has 4 nitrogen and oxygen atoms in total. The number of hydrogen-bond acceptors (Lipinski definition) is 3. The highest BCUT2D eigenvalue weighted by molar-refractivity contribution is 9.10. The van der Waals surface area contributed by atoms with E-state index in [0.29, 0.717) is 15.7 Å². The Morgan fingerprint density at radius 3 is 2.30 bits per heavy atom. The third-order valence-corrected chi connectivity index (χ3v) is 4.79. The van der Waals surface area contributed by atoms with Gasteiger partial charge < -0.3 is 5.32 Å². The third-order valence-electron chi connectivity index (χ3n) is 2.49. The van der Waals surface area contributed by atoms with Crippen LogP contribution in [-0.4, -0.2) is 14.3 Å². The standard InChI is InChI=1S/C13H9BrClNO3S/c14-11-8-10(6-7-12(11)20(15,18)19)16-13(17)9-4-2-1-3-5-9/h1-8H,(H,16,17). The van der Waals surface area contributed by atoms with E-state index in [-0.39, 0.29) is 10.8 Å². The molecule has 2 aromatic rings. The molecule has 1 amide bonds. The number of hydrogen-bond donors (Lipinski definition) is 1. The van der Waals surface area contributed by atoms with Crippen molar-refractivity contribution in [2.24, 2.45) is 0 Å². The molecule has 0 atom stereocenters. The number of halogens is 2. The summed E-state index contributed by atoms with van der Waals surface area (Å²) in [6.07, 6.45) is 0. The summed E-state index contributed by atoms with van der Waals surface area (Å²) in [5.41, 5.74) is 0.979. The summed E-state index contributed by atoms with van der Waals surface area (Å²) in [4.78, 5) is 11.9. The van der Waals surface area contributed by atoms with Crippen molar-refractivity contribution in [2.45, 2.75) is 4.90 Å². The Morgan fingerprint density at radius 2 is 1.75 bits per heavy atom. The average Bonchev–Trinajstić information content (AvgIpc) is 2.38. The van der Waals surface area contributed by atoms with E-state index in [9.17, 15) is 13.2 Å². The van der Waals surface area contributed by atoms with Gasteiger partial charge >= 0.3 is 0 Å². The van der Waals surface area contributed by atoms with Crippen LogP contribution in [0.15, 0.2) is 57.9 Å². The number of nitrogens with one attached hydrogen (secondary N) is 1. The number of amides is 1. The molecular formula is C13H9BrClNO3S. The Morgan fingerprint density at radius 1 is 1.10 bits per heavy atom. The van der Waals surface area contributed by atoms with E-state index in [4.69, 9.17) is 10.7 Å². The molecule has 0 unspecified atom stereocenters. The highest BCUT2D eigenvalue weighted by Crippen LogP contribution is 2.28. The lowest BCUT2D eigenvalue weighted by Crippen LogP contribution is -2.11. The van der Waals surface area contributed by atoms with E-state index < -0.39 is 9.05 Å². The summed E-state index contributed by atoms with van der Waals surface area (Å²) in [6.45, 7) is 0. The molecule has 0 saturated heterocycles. The van der Waals surface area contributed by atoms with Gasteiger partial charge in [0.15, 0.2) is 0 Å². The molecule has 7 heteroatoms. The zero-order valence-electron chi connectivity index (χ0n) is 10.0. The van der Waals surface area contributed by atoms with E-state index in [1.807, 2.05) is 6.07 Å². The van der Waals surface area contributed by atoms with E-state index in [1.54, 1.807) is 24.3 Å². The van der Waals surface area contributed by atoms with Gasteiger partial charge in [0.2, 0.25) is 0 Å². The summed E-state index contributed by atoms with van der Waals surface area (Å²) >= 11 is 3.11. The smallest absolute Gasteiger partial charge is 0.262 e. The first-order valence-electron chi connectivity index (χ1n) is 5.48. The van der Waals surface area contributed by atoms with Gasteiger partial charge in [-0.2, -0.15) is 0 Å². The Labute approximate surface area is 129 Å². The molecule has 0 radical (unpaired) electrons. The van der Waals surface area contributed by atoms with Gasteiger partial charge in [-0.3, -0.25) is 4.79 Å². The van der Waals surface area contributed by atoms with Crippen molar-refractivity contribution in [2.75, 3.05) is 5.32 Å². The molecule has 0 aliphatic heterocycles. The normalized spacial score (nSPS) is 11.1. The van der Waals surface area contributed by atoms with Gasteiger partial charge in [-0.05, 0) is 46.3 Å². The second-order valence-corrected chi connectivity index (χ2v) is 7.29. The minimum Gasteiger partial charge on any atom is -0.322 e. The van der Waals surface area contributed by atoms with Crippen molar-refractivity contribution < 1.29 is 13.2 Å². The van der Waals surface area contributed by atoms with Gasteiger partial charge in [0.25, 0.3) is 15.0 Å². The van der Waals surface area contributed by atoms with Crippen molar-refractivity contribution in [3.8, 4) is 0 Å². The van der Waals surface area contributed by atoms with Crippen LogP contribution >= 0.6 is 26.6 Å². The first-order valence-corrected chi connectivity index (χ1v) is 8.59. The monoisotopic (exact) mass is 373 g/mol. The lowest BCUT2D eigenvalue weighted by atomic mass is 10.2. The van der Waals surface area contributed by atoms with Crippen LogP contribution < -0.4 is 5.32 Å². The van der Waals surface area contributed by atoms with E-state index in [0.717, 1.165) is 0 Å². The summed E-state index contributed by atoms with van der Waals surface area (Å²) in [5, 5.41) is 2.67. The summed E-state index contributed by atoms with van der Waals surface area (Å²) < 4.78 is 22.8. The lowest BCUT2D eigenvalue weighted by Gasteiger charge is -2.07. The zero-order valence-corrected chi connectivity index (χ0v) is 13.2. The van der Waals surface area contributed by atoms with Crippen LogP contribution in [0, 0.1) is 0 Å². The quantitative estimate of drug-likeness (QED) is 0.835. The Kier molecular flexibility index (Phi) is 4.47. The number of carbonyl (C=O) groups excluding carboxylic acids is 1. The molecule has 0 bridgehead atoms. The molecular weight excluding hydrogens is 366 g/mol. The molecule has 0 aliphatic rings. The van der Waals surface area contributed by atoms with Crippen molar-refractivity contribution in [3.05, 3.63) is 58.6 Å². The molecule has 0 heterocycles. The van der Waals surface area contributed by atoms with Gasteiger partial charge in [-0.1, -0.05) is 18.2 Å². The Hall–Kier alpha value is -1.37. The van der Waals surface area contributed by atoms with Crippen molar-refractivity contribution in [1.82, 2.24) is 0 Å². The maximum atomic E-state index is 11.9. The van der Waals surface area contributed by atoms with Crippen LogP contribution in [-0.2, 0) is 9.05 Å². The average molecular weight is 375 g/mol. The van der Waals surface area contributed by atoms with Crippen molar-refractivity contribution in [1.29, 1.82) is 0 Å². The predicted molar refractivity (Wildman–Crippen MR) is 81.6 cm³/mol. The van der Waals surface area contributed by atoms with E-state index in [2.05, 4.69) is 21.2 Å².